The number of hydrogen-bond acceptors (Lipinski definition) is 6. The lowest BCUT2D eigenvalue weighted by atomic mass is 9.95. The van der Waals surface area contributed by atoms with Crippen molar-refractivity contribution in [2.45, 2.75) is 32.3 Å². The van der Waals surface area contributed by atoms with Crippen LogP contribution >= 0.6 is 0 Å². The Bertz CT molecular complexity index is 1070. The van der Waals surface area contributed by atoms with Crippen molar-refractivity contribution in [3.05, 3.63) is 54.6 Å². The van der Waals surface area contributed by atoms with Gasteiger partial charge in [-0.15, -0.1) is 6.42 Å². The maximum atomic E-state index is 13.4. The summed E-state index contributed by atoms with van der Waals surface area (Å²) in [5.41, 5.74) is 1.52. The van der Waals surface area contributed by atoms with Crippen LogP contribution in [0.5, 0.6) is 0 Å². The molecular formula is C21H22N2O5S2. The average Bonchev–Trinajstić information content (AvgIpc) is 2.79. The summed E-state index contributed by atoms with van der Waals surface area (Å²) < 4.78 is 37.7. The van der Waals surface area contributed by atoms with E-state index in [1.165, 1.54) is 29.7 Å². The monoisotopic (exact) mass is 446 g/mol. The van der Waals surface area contributed by atoms with E-state index < -0.39 is 31.3 Å². The van der Waals surface area contributed by atoms with Gasteiger partial charge in [-0.25, -0.2) is 18.1 Å². The second kappa shape index (κ2) is 9.10. The van der Waals surface area contributed by atoms with Crippen LogP contribution in [-0.4, -0.2) is 53.0 Å². The van der Waals surface area contributed by atoms with E-state index in [0.29, 0.717) is 29.4 Å². The summed E-state index contributed by atoms with van der Waals surface area (Å²) in [4.78, 5) is 15.4. The number of carbonyl (C=O) groups excluding carboxylic acids is 1. The van der Waals surface area contributed by atoms with E-state index >= 15 is 0 Å². The van der Waals surface area contributed by atoms with Gasteiger partial charge >= 0.3 is 0 Å². The number of hydrogen-bond donors (Lipinski definition) is 2. The summed E-state index contributed by atoms with van der Waals surface area (Å²) in [6.07, 6.45) is 5.32. The number of benzene rings is 2. The van der Waals surface area contributed by atoms with Gasteiger partial charge in [0.2, 0.25) is 0 Å². The Labute approximate surface area is 178 Å². The molecule has 2 aromatic carbocycles. The largest absolute Gasteiger partial charge is 0.292 e. The smallest absolute Gasteiger partial charge is 0.265 e. The second-order valence-electron chi connectivity index (χ2n) is 6.97. The van der Waals surface area contributed by atoms with Crippen LogP contribution < -0.4 is 5.48 Å². The van der Waals surface area contributed by atoms with Crippen LogP contribution in [0.1, 0.15) is 12.8 Å². The molecule has 9 heteroatoms. The van der Waals surface area contributed by atoms with Gasteiger partial charge in [-0.1, -0.05) is 24.1 Å². The summed E-state index contributed by atoms with van der Waals surface area (Å²) in [6.45, 7) is 0.983. The van der Waals surface area contributed by atoms with Crippen molar-refractivity contribution in [3.8, 4) is 12.3 Å². The van der Waals surface area contributed by atoms with Crippen LogP contribution in [0, 0.1) is 12.3 Å². The third kappa shape index (κ3) is 4.04. The van der Waals surface area contributed by atoms with Gasteiger partial charge < -0.3 is 0 Å². The third-order valence-corrected chi connectivity index (χ3v) is 9.23. The molecule has 1 aliphatic heterocycles. The fourth-order valence-electron chi connectivity index (χ4n) is 3.57. The number of likely N-dealkylation sites (tertiary alicyclic amines) is 1. The standard InChI is InChI=1S/C21H22N2O5S2/c1-2-14-23-15-12-21(13-16-23,20(24)22-25)30(27,28)19-10-8-18(9-11-19)29(26)17-6-4-3-5-7-17/h1,3-11,25H,12-16H2,(H,22,24). The normalized spacial score (nSPS) is 17.6. The highest BCUT2D eigenvalue weighted by Crippen LogP contribution is 2.36. The molecule has 0 radical (unpaired) electrons. The molecule has 1 amide bonds. The predicted octanol–water partition coefficient (Wildman–Crippen LogP) is 1.60. The highest BCUT2D eigenvalue weighted by Gasteiger charge is 2.52. The van der Waals surface area contributed by atoms with Gasteiger partial charge in [0.15, 0.2) is 14.6 Å². The van der Waals surface area contributed by atoms with Crippen LogP contribution in [0.3, 0.4) is 0 Å². The van der Waals surface area contributed by atoms with Crippen molar-refractivity contribution < 1.29 is 22.6 Å². The molecule has 2 aromatic rings. The average molecular weight is 447 g/mol. The predicted molar refractivity (Wildman–Crippen MR) is 112 cm³/mol. The maximum Gasteiger partial charge on any atom is 0.265 e. The van der Waals surface area contributed by atoms with Crippen molar-refractivity contribution in [1.29, 1.82) is 0 Å². The van der Waals surface area contributed by atoms with E-state index in [0.717, 1.165) is 0 Å². The molecule has 3 rings (SSSR count). The number of piperidine rings is 1. The Morgan fingerprint density at radius 1 is 1.10 bits per heavy atom. The van der Waals surface area contributed by atoms with Crippen molar-refractivity contribution in [2.75, 3.05) is 19.6 Å². The molecule has 2 N–H and O–H groups in total. The number of hydroxylamine groups is 1. The van der Waals surface area contributed by atoms with E-state index in [1.54, 1.807) is 24.3 Å². The number of terminal acetylenes is 1. The van der Waals surface area contributed by atoms with Gasteiger partial charge in [0.1, 0.15) is 0 Å². The minimum Gasteiger partial charge on any atom is -0.292 e. The van der Waals surface area contributed by atoms with Crippen LogP contribution in [0.2, 0.25) is 0 Å². The van der Waals surface area contributed by atoms with Crippen molar-refractivity contribution in [2.24, 2.45) is 0 Å². The van der Waals surface area contributed by atoms with Crippen molar-refractivity contribution in [3.63, 3.8) is 0 Å². The maximum absolute atomic E-state index is 13.4. The van der Waals surface area contributed by atoms with Gasteiger partial charge in [0.25, 0.3) is 5.91 Å². The highest BCUT2D eigenvalue weighted by atomic mass is 32.2. The molecule has 1 fully saturated rings. The Kier molecular flexibility index (Phi) is 6.73. The molecular weight excluding hydrogens is 424 g/mol. The summed E-state index contributed by atoms with van der Waals surface area (Å²) in [5, 5.41) is 9.22. The number of nitrogens with one attached hydrogen (secondary N) is 1. The molecule has 0 aliphatic carbocycles. The topological polar surface area (TPSA) is 104 Å². The minimum absolute atomic E-state index is 0.00110. The van der Waals surface area contributed by atoms with Gasteiger partial charge in [-0.05, 0) is 49.2 Å². The van der Waals surface area contributed by atoms with Crippen LogP contribution in [0.15, 0.2) is 69.3 Å². The van der Waals surface area contributed by atoms with E-state index in [1.807, 2.05) is 11.0 Å². The van der Waals surface area contributed by atoms with Gasteiger partial charge in [-0.2, -0.15) is 0 Å². The fourth-order valence-corrected chi connectivity index (χ4v) is 6.58. The molecule has 1 saturated heterocycles. The van der Waals surface area contributed by atoms with Gasteiger partial charge in [0.05, 0.1) is 22.2 Å². The molecule has 1 atom stereocenters. The highest BCUT2D eigenvalue weighted by molar-refractivity contribution is 7.93. The van der Waals surface area contributed by atoms with Crippen molar-refractivity contribution in [1.82, 2.24) is 10.4 Å². The molecule has 0 saturated carbocycles. The first-order chi connectivity index (χ1) is 14.4. The molecule has 0 bridgehead atoms. The SMILES string of the molecule is C#CCN1CCC(C(=O)NO)(S(=O)(=O)c2ccc(S(=O)c3ccccc3)cc2)CC1. The molecule has 158 valence electrons. The molecule has 30 heavy (non-hydrogen) atoms. The zero-order chi connectivity index (χ0) is 21.8. The lowest BCUT2D eigenvalue weighted by molar-refractivity contribution is -0.133. The summed E-state index contributed by atoms with van der Waals surface area (Å²) in [6, 6.07) is 14.5. The number of sulfone groups is 1. The Morgan fingerprint density at radius 2 is 1.67 bits per heavy atom. The molecule has 1 unspecified atom stereocenters. The van der Waals surface area contributed by atoms with Gasteiger partial charge in [0, 0.05) is 22.9 Å². The zero-order valence-electron chi connectivity index (χ0n) is 16.2. The second-order valence-corrected chi connectivity index (χ2v) is 10.7. The minimum atomic E-state index is -4.13. The number of amides is 1. The molecule has 1 aliphatic rings. The zero-order valence-corrected chi connectivity index (χ0v) is 17.8. The third-order valence-electron chi connectivity index (χ3n) is 5.31. The van der Waals surface area contributed by atoms with E-state index in [4.69, 9.17) is 6.42 Å². The Balaban J connectivity index is 1.92. The van der Waals surface area contributed by atoms with E-state index in [-0.39, 0.29) is 17.7 Å². The quantitative estimate of drug-likeness (QED) is 0.397. The molecule has 0 spiro atoms. The lowest BCUT2D eigenvalue weighted by Gasteiger charge is -2.38. The van der Waals surface area contributed by atoms with E-state index in [2.05, 4.69) is 5.92 Å². The van der Waals surface area contributed by atoms with Gasteiger partial charge in [-0.3, -0.25) is 14.9 Å². The Morgan fingerprint density at radius 3 is 2.20 bits per heavy atom. The van der Waals surface area contributed by atoms with Crippen LogP contribution in [0.25, 0.3) is 0 Å². The summed E-state index contributed by atoms with van der Waals surface area (Å²) >= 11 is 0. The fraction of sp³-hybridized carbons (Fsp3) is 0.286. The summed E-state index contributed by atoms with van der Waals surface area (Å²) in [5.74, 6) is 1.55. The molecule has 1 heterocycles. The van der Waals surface area contributed by atoms with Crippen molar-refractivity contribution >= 4 is 26.5 Å². The number of rotatable bonds is 6. The van der Waals surface area contributed by atoms with Crippen LogP contribution in [0.4, 0.5) is 0 Å². The molecule has 0 aromatic heterocycles. The summed E-state index contributed by atoms with van der Waals surface area (Å²) in [7, 11) is -5.58. The number of carbonyl (C=O) groups is 1. The Hall–Kier alpha value is -2.51. The lowest BCUT2D eigenvalue weighted by Crippen LogP contribution is -2.57. The first kappa shape index (κ1) is 22.2. The first-order valence-electron chi connectivity index (χ1n) is 9.27. The first-order valence-corrected chi connectivity index (χ1v) is 11.9. The van der Waals surface area contributed by atoms with Crippen LogP contribution in [-0.2, 0) is 25.4 Å². The number of nitrogens with zero attached hydrogens (tertiary/aromatic N) is 1. The van der Waals surface area contributed by atoms with E-state index in [9.17, 15) is 22.6 Å². The molecule has 7 nitrogen and oxygen atoms in total.